The van der Waals surface area contributed by atoms with Gasteiger partial charge in [0.2, 0.25) is 0 Å². The van der Waals surface area contributed by atoms with Crippen LogP contribution < -0.4 is 0 Å². The highest BCUT2D eigenvalue weighted by Gasteiger charge is 2.43. The third-order valence-corrected chi connectivity index (χ3v) is 6.60. The van der Waals surface area contributed by atoms with Crippen molar-refractivity contribution in [2.75, 3.05) is 39.3 Å². The Morgan fingerprint density at radius 3 is 2.85 bits per heavy atom. The van der Waals surface area contributed by atoms with Crippen molar-refractivity contribution in [3.05, 3.63) is 35.4 Å². The topological polar surface area (TPSA) is 53.0 Å². The van der Waals surface area contributed by atoms with Gasteiger partial charge in [-0.3, -0.25) is 9.69 Å². The second kappa shape index (κ2) is 7.90. The third-order valence-electron chi connectivity index (χ3n) is 6.60. The van der Waals surface area contributed by atoms with Crippen LogP contribution in [0.4, 0.5) is 0 Å². The average Bonchev–Trinajstić information content (AvgIpc) is 3.04. The number of hydrogen-bond donors (Lipinski definition) is 1. The lowest BCUT2D eigenvalue weighted by molar-refractivity contribution is 0.0227. The van der Waals surface area contributed by atoms with E-state index in [2.05, 4.69) is 4.90 Å². The number of piperidine rings is 2. The van der Waals surface area contributed by atoms with Crippen LogP contribution in [0.25, 0.3) is 0 Å². The summed E-state index contributed by atoms with van der Waals surface area (Å²) in [6.07, 6.45) is 5.25. The van der Waals surface area contributed by atoms with Gasteiger partial charge in [0.25, 0.3) is 5.91 Å². The molecule has 0 saturated carbocycles. The van der Waals surface area contributed by atoms with Gasteiger partial charge < -0.3 is 14.7 Å². The minimum atomic E-state index is -0.176. The summed E-state index contributed by atoms with van der Waals surface area (Å²) in [5.74, 6) is 0.159. The summed E-state index contributed by atoms with van der Waals surface area (Å²) >= 11 is 0. The molecular formula is C22H32N2O3. The maximum atomic E-state index is 12.8. The Hall–Kier alpha value is -1.43. The largest absolute Gasteiger partial charge is 0.392 e. The zero-order valence-corrected chi connectivity index (χ0v) is 16.4. The summed E-state index contributed by atoms with van der Waals surface area (Å²) in [5, 5.41) is 9.87. The van der Waals surface area contributed by atoms with Crippen LogP contribution in [0.2, 0.25) is 0 Å². The van der Waals surface area contributed by atoms with E-state index < -0.39 is 0 Å². The minimum absolute atomic E-state index is 0.159. The van der Waals surface area contributed by atoms with Gasteiger partial charge in [0.15, 0.2) is 0 Å². The molecule has 0 aliphatic carbocycles. The molecule has 0 bridgehead atoms. The number of benzene rings is 1. The first-order valence-electron chi connectivity index (χ1n) is 10.4. The Labute approximate surface area is 162 Å². The molecule has 27 heavy (non-hydrogen) atoms. The van der Waals surface area contributed by atoms with E-state index in [0.29, 0.717) is 0 Å². The van der Waals surface area contributed by atoms with Gasteiger partial charge in [0, 0.05) is 31.7 Å². The van der Waals surface area contributed by atoms with E-state index in [4.69, 9.17) is 4.74 Å². The number of aliphatic hydroxyl groups is 1. The van der Waals surface area contributed by atoms with Gasteiger partial charge in [-0.15, -0.1) is 0 Å². The van der Waals surface area contributed by atoms with Crippen LogP contribution in [0.1, 0.15) is 48.0 Å². The Kier molecular flexibility index (Phi) is 5.53. The normalized spacial score (nSPS) is 28.6. The van der Waals surface area contributed by atoms with Crippen LogP contribution >= 0.6 is 0 Å². The van der Waals surface area contributed by atoms with Gasteiger partial charge in [0.05, 0.1) is 18.8 Å². The number of likely N-dealkylation sites (tertiary alicyclic amines) is 2. The van der Waals surface area contributed by atoms with Crippen LogP contribution in [-0.2, 0) is 4.74 Å². The fourth-order valence-electron chi connectivity index (χ4n) is 4.99. The van der Waals surface area contributed by atoms with Crippen molar-refractivity contribution in [3.8, 4) is 0 Å². The average molecular weight is 373 g/mol. The van der Waals surface area contributed by atoms with Crippen LogP contribution in [0.3, 0.4) is 0 Å². The van der Waals surface area contributed by atoms with Crippen LogP contribution in [0.5, 0.6) is 0 Å². The number of aryl methyl sites for hydroxylation is 1. The fraction of sp³-hybridized carbons (Fsp3) is 0.682. The number of aliphatic hydroxyl groups excluding tert-OH is 1. The number of carbonyl (C=O) groups excluding carboxylic acids is 1. The molecule has 3 heterocycles. The Morgan fingerprint density at radius 2 is 2.11 bits per heavy atom. The summed E-state index contributed by atoms with van der Waals surface area (Å²) < 4.78 is 6.15. The molecule has 2 atom stereocenters. The second-order valence-electron chi connectivity index (χ2n) is 8.85. The maximum absolute atomic E-state index is 12.8. The highest BCUT2D eigenvalue weighted by atomic mass is 16.5. The van der Waals surface area contributed by atoms with Crippen molar-refractivity contribution in [3.63, 3.8) is 0 Å². The predicted octanol–water partition coefficient (Wildman–Crippen LogP) is 2.46. The first-order valence-corrected chi connectivity index (χ1v) is 10.4. The molecule has 3 aliphatic rings. The zero-order valence-electron chi connectivity index (χ0n) is 16.4. The number of hydrogen-bond acceptors (Lipinski definition) is 4. The molecule has 3 aliphatic heterocycles. The lowest BCUT2D eigenvalue weighted by Gasteiger charge is -2.38. The summed E-state index contributed by atoms with van der Waals surface area (Å²) in [6, 6.07) is 7.89. The van der Waals surface area contributed by atoms with Gasteiger partial charge in [0.1, 0.15) is 0 Å². The summed E-state index contributed by atoms with van der Waals surface area (Å²) in [7, 11) is 0. The molecule has 5 nitrogen and oxygen atoms in total. The summed E-state index contributed by atoms with van der Waals surface area (Å²) in [4.78, 5) is 17.1. The summed E-state index contributed by atoms with van der Waals surface area (Å²) in [5.41, 5.74) is 2.17. The van der Waals surface area contributed by atoms with Gasteiger partial charge in [-0.1, -0.05) is 17.7 Å². The van der Waals surface area contributed by atoms with Crippen molar-refractivity contribution in [2.24, 2.45) is 5.41 Å². The minimum Gasteiger partial charge on any atom is -0.392 e. The first-order chi connectivity index (χ1) is 13.0. The predicted molar refractivity (Wildman–Crippen MR) is 105 cm³/mol. The molecule has 0 radical (unpaired) electrons. The first kappa shape index (κ1) is 18.9. The van der Waals surface area contributed by atoms with Crippen molar-refractivity contribution >= 4 is 5.91 Å². The fourth-order valence-corrected chi connectivity index (χ4v) is 4.99. The number of ether oxygens (including phenoxy) is 1. The number of rotatable bonds is 3. The van der Waals surface area contributed by atoms with E-state index >= 15 is 0 Å². The van der Waals surface area contributed by atoms with E-state index in [9.17, 15) is 9.90 Å². The van der Waals surface area contributed by atoms with Gasteiger partial charge in [-0.2, -0.15) is 0 Å². The monoisotopic (exact) mass is 372 g/mol. The number of β-amino-alcohol motifs (C(OH)–C–C–N with tert-alkyl or cyclic N) is 1. The van der Waals surface area contributed by atoms with Crippen molar-refractivity contribution < 1.29 is 14.6 Å². The van der Waals surface area contributed by atoms with E-state index in [0.717, 1.165) is 82.6 Å². The number of nitrogens with zero attached hydrogens (tertiary/aromatic N) is 2. The molecule has 148 valence electrons. The smallest absolute Gasteiger partial charge is 0.253 e. The van der Waals surface area contributed by atoms with E-state index in [1.807, 2.05) is 36.1 Å². The Morgan fingerprint density at radius 1 is 1.30 bits per heavy atom. The SMILES string of the molecule is Cc1cccc(C(=O)N2CCC3(CC2)CO[C@@H](CN2CCC[C@@H](O)C2)C3)c1. The molecule has 3 fully saturated rings. The molecule has 1 N–H and O–H groups in total. The molecule has 1 aromatic rings. The van der Waals surface area contributed by atoms with Crippen molar-refractivity contribution in [2.45, 2.75) is 51.2 Å². The molecular weight excluding hydrogens is 340 g/mol. The Bertz CT molecular complexity index is 669. The molecule has 1 amide bonds. The van der Waals surface area contributed by atoms with Crippen LogP contribution in [0, 0.1) is 12.3 Å². The van der Waals surface area contributed by atoms with Crippen LogP contribution in [0.15, 0.2) is 24.3 Å². The second-order valence-corrected chi connectivity index (χ2v) is 8.85. The highest BCUT2D eigenvalue weighted by Crippen LogP contribution is 2.42. The standard InChI is InChI=1S/C22H32N2O3/c1-17-4-2-5-18(12-17)21(26)24-10-7-22(8-11-24)13-20(27-16-22)15-23-9-3-6-19(25)14-23/h2,4-5,12,19-20,25H,3,6-11,13-16H2,1H3/t19-,20-/m1/s1. The maximum Gasteiger partial charge on any atom is 0.253 e. The number of carbonyl (C=O) groups is 1. The van der Waals surface area contributed by atoms with Crippen molar-refractivity contribution in [1.29, 1.82) is 0 Å². The van der Waals surface area contributed by atoms with Gasteiger partial charge in [-0.05, 0) is 63.1 Å². The lowest BCUT2D eigenvalue weighted by atomic mass is 9.76. The van der Waals surface area contributed by atoms with Gasteiger partial charge in [-0.25, -0.2) is 0 Å². The molecule has 5 heteroatoms. The lowest BCUT2D eigenvalue weighted by Crippen LogP contribution is -2.44. The van der Waals surface area contributed by atoms with Gasteiger partial charge >= 0.3 is 0 Å². The zero-order chi connectivity index (χ0) is 18.9. The van der Waals surface area contributed by atoms with E-state index in [1.54, 1.807) is 0 Å². The van der Waals surface area contributed by atoms with E-state index in [1.165, 1.54) is 0 Å². The van der Waals surface area contributed by atoms with E-state index in [-0.39, 0.29) is 23.5 Å². The quantitative estimate of drug-likeness (QED) is 0.886. The number of amides is 1. The molecule has 0 unspecified atom stereocenters. The highest BCUT2D eigenvalue weighted by molar-refractivity contribution is 5.94. The molecule has 1 spiro atoms. The molecule has 1 aromatic carbocycles. The molecule has 3 saturated heterocycles. The van der Waals surface area contributed by atoms with Crippen LogP contribution in [-0.4, -0.2) is 72.4 Å². The summed E-state index contributed by atoms with van der Waals surface area (Å²) in [6.45, 7) is 7.29. The third kappa shape index (κ3) is 4.36. The molecule has 4 rings (SSSR count). The Balaban J connectivity index is 1.29. The van der Waals surface area contributed by atoms with Crippen molar-refractivity contribution in [1.82, 2.24) is 9.80 Å². The molecule has 0 aromatic heterocycles.